The molecule has 0 atom stereocenters. The first-order valence-corrected chi connectivity index (χ1v) is 9.55. The normalized spacial score (nSPS) is 18.7. The van der Waals surface area contributed by atoms with Crippen LogP contribution < -0.4 is 4.74 Å². The molecule has 0 saturated heterocycles. The summed E-state index contributed by atoms with van der Waals surface area (Å²) in [5.41, 5.74) is 1.30. The fraction of sp³-hybridized carbons (Fsp3) is 0.455. The molecule has 0 aromatic heterocycles. The van der Waals surface area contributed by atoms with Crippen molar-refractivity contribution in [2.75, 3.05) is 26.4 Å². The number of hydrogen-bond donors (Lipinski definition) is 0. The van der Waals surface area contributed by atoms with Crippen molar-refractivity contribution in [3.63, 3.8) is 0 Å². The highest BCUT2D eigenvalue weighted by atomic mass is 16.6. The Morgan fingerprint density at radius 3 is 2.00 bits per heavy atom. The molecule has 1 aliphatic rings. The van der Waals surface area contributed by atoms with Crippen LogP contribution in [-0.2, 0) is 23.8 Å². The number of rotatable bonds is 11. The molecule has 0 amide bonds. The average Bonchev–Trinajstić information content (AvgIpc) is 2.74. The van der Waals surface area contributed by atoms with Crippen LogP contribution in [0.2, 0.25) is 0 Å². The molecule has 0 unspecified atom stereocenters. The van der Waals surface area contributed by atoms with Gasteiger partial charge < -0.3 is 18.9 Å². The summed E-state index contributed by atoms with van der Waals surface area (Å²) < 4.78 is 21.1. The molecule has 6 nitrogen and oxygen atoms in total. The van der Waals surface area contributed by atoms with Crippen molar-refractivity contribution < 1.29 is 28.5 Å². The van der Waals surface area contributed by atoms with Gasteiger partial charge >= 0.3 is 11.9 Å². The Labute approximate surface area is 166 Å². The smallest absolute Gasteiger partial charge is 0.330 e. The number of carbonyl (C=O) groups excluding carboxylic acids is 2. The molecule has 0 radical (unpaired) electrons. The highest BCUT2D eigenvalue weighted by molar-refractivity contribution is 5.81. The van der Waals surface area contributed by atoms with Crippen LogP contribution in [0.1, 0.15) is 37.2 Å². The van der Waals surface area contributed by atoms with Crippen molar-refractivity contribution in [1.29, 1.82) is 0 Å². The zero-order chi connectivity index (χ0) is 20.2. The van der Waals surface area contributed by atoms with E-state index in [4.69, 9.17) is 18.9 Å². The lowest BCUT2D eigenvalue weighted by Gasteiger charge is -2.29. The molecule has 1 saturated carbocycles. The Hall–Kier alpha value is -2.60. The lowest BCUT2D eigenvalue weighted by atomic mass is 9.83. The third-order valence-electron chi connectivity index (χ3n) is 4.64. The SMILES string of the molecule is C=CC(=O)OCCOc1ccc(C2CCC(OCCOC(=O)C=C)CC2)cc1. The van der Waals surface area contributed by atoms with E-state index in [1.807, 2.05) is 12.1 Å². The first-order chi connectivity index (χ1) is 13.6. The zero-order valence-electron chi connectivity index (χ0n) is 16.1. The first-order valence-electron chi connectivity index (χ1n) is 9.55. The number of benzene rings is 1. The minimum Gasteiger partial charge on any atom is -0.490 e. The quantitative estimate of drug-likeness (QED) is 0.328. The number of ether oxygens (including phenoxy) is 4. The molecule has 152 valence electrons. The van der Waals surface area contributed by atoms with Crippen molar-refractivity contribution in [3.05, 3.63) is 55.1 Å². The summed E-state index contributed by atoms with van der Waals surface area (Å²) in [4.78, 5) is 21.9. The van der Waals surface area contributed by atoms with Gasteiger partial charge in [-0.05, 0) is 49.3 Å². The van der Waals surface area contributed by atoms with Crippen LogP contribution in [0.4, 0.5) is 0 Å². The van der Waals surface area contributed by atoms with Crippen LogP contribution in [0.25, 0.3) is 0 Å². The van der Waals surface area contributed by atoms with Gasteiger partial charge in [0, 0.05) is 12.2 Å². The van der Waals surface area contributed by atoms with E-state index in [9.17, 15) is 9.59 Å². The molecular weight excluding hydrogens is 360 g/mol. The Bertz CT molecular complexity index is 643. The lowest BCUT2D eigenvalue weighted by Crippen LogP contribution is -2.23. The molecule has 1 aromatic rings. The van der Waals surface area contributed by atoms with Crippen LogP contribution in [0.3, 0.4) is 0 Å². The molecule has 1 aliphatic carbocycles. The van der Waals surface area contributed by atoms with Gasteiger partial charge in [0.1, 0.15) is 25.6 Å². The van der Waals surface area contributed by atoms with Gasteiger partial charge in [0.05, 0.1) is 12.7 Å². The molecule has 28 heavy (non-hydrogen) atoms. The standard InChI is InChI=1S/C22H28O6/c1-3-21(23)27-15-13-25-19-9-5-17(6-10-19)18-7-11-20(12-8-18)26-14-16-28-22(24)4-2/h3-6,9-10,18,20H,1-2,7-8,11-16H2. The second-order valence-corrected chi connectivity index (χ2v) is 6.51. The van der Waals surface area contributed by atoms with Gasteiger partial charge in [-0.2, -0.15) is 0 Å². The number of hydrogen-bond acceptors (Lipinski definition) is 6. The highest BCUT2D eigenvalue weighted by Crippen LogP contribution is 2.34. The molecule has 0 N–H and O–H groups in total. The third-order valence-corrected chi connectivity index (χ3v) is 4.64. The third kappa shape index (κ3) is 7.56. The van der Waals surface area contributed by atoms with E-state index >= 15 is 0 Å². The topological polar surface area (TPSA) is 71.1 Å². The van der Waals surface area contributed by atoms with Gasteiger partial charge in [-0.3, -0.25) is 0 Å². The fourth-order valence-corrected chi connectivity index (χ4v) is 3.18. The van der Waals surface area contributed by atoms with Crippen LogP contribution in [0, 0.1) is 0 Å². The van der Waals surface area contributed by atoms with Crippen molar-refractivity contribution in [1.82, 2.24) is 0 Å². The molecule has 0 heterocycles. The number of carbonyl (C=O) groups is 2. The summed E-state index contributed by atoms with van der Waals surface area (Å²) in [6, 6.07) is 8.07. The molecule has 0 spiro atoms. The van der Waals surface area contributed by atoms with E-state index in [1.165, 1.54) is 5.56 Å². The molecular formula is C22H28O6. The van der Waals surface area contributed by atoms with Gasteiger partial charge in [0.15, 0.2) is 0 Å². The monoisotopic (exact) mass is 388 g/mol. The van der Waals surface area contributed by atoms with E-state index < -0.39 is 11.9 Å². The summed E-state index contributed by atoms with van der Waals surface area (Å²) in [5, 5.41) is 0. The van der Waals surface area contributed by atoms with Crippen LogP contribution in [0.15, 0.2) is 49.6 Å². The zero-order valence-corrected chi connectivity index (χ0v) is 16.1. The number of esters is 2. The van der Waals surface area contributed by atoms with Crippen LogP contribution >= 0.6 is 0 Å². The van der Waals surface area contributed by atoms with E-state index in [1.54, 1.807) is 0 Å². The van der Waals surface area contributed by atoms with Crippen molar-refractivity contribution >= 4 is 11.9 Å². The highest BCUT2D eigenvalue weighted by Gasteiger charge is 2.22. The van der Waals surface area contributed by atoms with E-state index in [0.717, 1.165) is 43.6 Å². The predicted octanol–water partition coefficient (Wildman–Crippen LogP) is 3.57. The van der Waals surface area contributed by atoms with Gasteiger partial charge in [-0.15, -0.1) is 0 Å². The minimum absolute atomic E-state index is 0.198. The second-order valence-electron chi connectivity index (χ2n) is 6.51. The van der Waals surface area contributed by atoms with Crippen molar-refractivity contribution in [2.45, 2.75) is 37.7 Å². The van der Waals surface area contributed by atoms with Gasteiger partial charge in [0.2, 0.25) is 0 Å². The summed E-state index contributed by atoms with van der Waals surface area (Å²) in [6.07, 6.45) is 6.62. The molecule has 1 fully saturated rings. The second kappa shape index (κ2) is 12.0. The van der Waals surface area contributed by atoms with E-state index in [0.29, 0.717) is 19.1 Å². The van der Waals surface area contributed by atoms with Gasteiger partial charge in [0.25, 0.3) is 0 Å². The molecule has 2 rings (SSSR count). The summed E-state index contributed by atoms with van der Waals surface area (Å²) in [5.74, 6) is 0.402. The van der Waals surface area contributed by atoms with Crippen LogP contribution in [-0.4, -0.2) is 44.5 Å². The molecule has 1 aromatic carbocycles. The Morgan fingerprint density at radius 2 is 1.43 bits per heavy atom. The lowest BCUT2D eigenvalue weighted by molar-refractivity contribution is -0.140. The van der Waals surface area contributed by atoms with E-state index in [-0.39, 0.29) is 19.3 Å². The first kappa shape index (κ1) is 21.7. The maximum absolute atomic E-state index is 11.0. The Balaban J connectivity index is 1.65. The van der Waals surface area contributed by atoms with Crippen molar-refractivity contribution in [3.8, 4) is 5.75 Å². The van der Waals surface area contributed by atoms with Gasteiger partial charge in [-0.1, -0.05) is 25.3 Å². The van der Waals surface area contributed by atoms with Crippen LogP contribution in [0.5, 0.6) is 5.75 Å². The average molecular weight is 388 g/mol. The summed E-state index contributed by atoms with van der Waals surface area (Å²) in [6.45, 7) is 7.88. The largest absolute Gasteiger partial charge is 0.490 e. The Morgan fingerprint density at radius 1 is 0.857 bits per heavy atom. The molecule has 0 bridgehead atoms. The van der Waals surface area contributed by atoms with E-state index in [2.05, 4.69) is 25.3 Å². The Kier molecular flexibility index (Phi) is 9.28. The molecule has 6 heteroatoms. The maximum Gasteiger partial charge on any atom is 0.330 e. The maximum atomic E-state index is 11.0. The summed E-state index contributed by atoms with van der Waals surface area (Å²) >= 11 is 0. The minimum atomic E-state index is -0.448. The van der Waals surface area contributed by atoms with Crippen molar-refractivity contribution in [2.24, 2.45) is 0 Å². The fourth-order valence-electron chi connectivity index (χ4n) is 3.18. The summed E-state index contributed by atoms with van der Waals surface area (Å²) in [7, 11) is 0. The van der Waals surface area contributed by atoms with Gasteiger partial charge in [-0.25, -0.2) is 9.59 Å². The predicted molar refractivity (Wildman–Crippen MR) is 105 cm³/mol. The molecule has 0 aliphatic heterocycles.